The molecule has 0 atom stereocenters. The van der Waals surface area contributed by atoms with Crippen molar-refractivity contribution in [2.45, 2.75) is 65.4 Å². The summed E-state index contributed by atoms with van der Waals surface area (Å²) in [4.78, 5) is 0. The smallest absolute Gasteiger partial charge is 0.146 e. The average Bonchev–Trinajstić information content (AvgIpc) is 2.24. The molecule has 0 aromatic carbocycles. The molecule has 0 rings (SSSR count). The summed E-state index contributed by atoms with van der Waals surface area (Å²) in [6, 6.07) is 0. The van der Waals surface area contributed by atoms with Crippen LogP contribution in [0.25, 0.3) is 0 Å². The molecule has 15 heavy (non-hydrogen) atoms. The van der Waals surface area contributed by atoms with E-state index in [9.17, 15) is 0 Å². The Morgan fingerprint density at radius 3 is 1.93 bits per heavy atom. The van der Waals surface area contributed by atoms with Gasteiger partial charge in [-0.3, -0.25) is 0 Å². The van der Waals surface area contributed by atoms with Crippen LogP contribution >= 0.6 is 0 Å². The number of rotatable bonds is 8. The quantitative estimate of drug-likeness (QED) is 0.513. The standard InChI is InChI=1S/C9H21N.C3H10OSi/c1-3-4-5-6-7-8-9-10-2;1-3(2)4-5/h10H,3-9H2,1-2H3;3H,1-2,5H3. The fraction of sp³-hybridized carbons (Fsp3) is 1.00. The largest absolute Gasteiger partial charge is 0.426 e. The van der Waals surface area contributed by atoms with Crippen LogP contribution in [0.2, 0.25) is 0 Å². The van der Waals surface area contributed by atoms with E-state index in [4.69, 9.17) is 4.43 Å². The number of hydrogen-bond acceptors (Lipinski definition) is 2. The Balaban J connectivity index is 0. The molecule has 1 N–H and O–H groups in total. The van der Waals surface area contributed by atoms with Crippen molar-refractivity contribution in [2.24, 2.45) is 0 Å². The molecule has 0 amide bonds. The maximum absolute atomic E-state index is 4.89. The average molecular weight is 233 g/mol. The minimum Gasteiger partial charge on any atom is -0.426 e. The number of hydrogen-bond donors (Lipinski definition) is 1. The van der Waals surface area contributed by atoms with Gasteiger partial charge in [0.25, 0.3) is 0 Å². The first-order chi connectivity index (χ1) is 7.18. The third-order valence-corrected chi connectivity index (χ3v) is 3.19. The van der Waals surface area contributed by atoms with E-state index < -0.39 is 0 Å². The van der Waals surface area contributed by atoms with Gasteiger partial charge in [-0.05, 0) is 33.9 Å². The van der Waals surface area contributed by atoms with Gasteiger partial charge < -0.3 is 9.74 Å². The zero-order chi connectivity index (χ0) is 11.9. The van der Waals surface area contributed by atoms with Crippen LogP contribution in [0.5, 0.6) is 0 Å². The van der Waals surface area contributed by atoms with Crippen LogP contribution in [0.3, 0.4) is 0 Å². The highest BCUT2D eigenvalue weighted by Crippen LogP contribution is 2.03. The number of unbranched alkanes of at least 4 members (excludes halogenated alkanes) is 5. The van der Waals surface area contributed by atoms with E-state index in [0.717, 1.165) is 10.5 Å². The zero-order valence-corrected chi connectivity index (χ0v) is 13.4. The summed E-state index contributed by atoms with van der Waals surface area (Å²) in [7, 11) is 2.89. The van der Waals surface area contributed by atoms with Crippen molar-refractivity contribution >= 4 is 10.5 Å². The van der Waals surface area contributed by atoms with E-state index in [1.54, 1.807) is 0 Å². The Hall–Kier alpha value is 0.137. The minimum absolute atomic E-state index is 0.446. The van der Waals surface area contributed by atoms with Gasteiger partial charge in [0.1, 0.15) is 10.5 Å². The normalized spacial score (nSPS) is 10.2. The second-order valence-electron chi connectivity index (χ2n) is 4.16. The Bertz CT molecular complexity index is 91.6. The molecule has 0 saturated carbocycles. The Labute approximate surface area is 99.7 Å². The summed E-state index contributed by atoms with van der Waals surface area (Å²) in [5.74, 6) is 0. The Morgan fingerprint density at radius 1 is 1.07 bits per heavy atom. The van der Waals surface area contributed by atoms with E-state index >= 15 is 0 Å². The fourth-order valence-electron chi connectivity index (χ4n) is 1.08. The fourth-order valence-corrected chi connectivity index (χ4v) is 1.08. The van der Waals surface area contributed by atoms with Crippen molar-refractivity contribution in [1.29, 1.82) is 0 Å². The van der Waals surface area contributed by atoms with Crippen LogP contribution in [-0.4, -0.2) is 30.2 Å². The van der Waals surface area contributed by atoms with Crippen LogP contribution in [0.15, 0.2) is 0 Å². The molecule has 0 radical (unpaired) electrons. The first-order valence-electron chi connectivity index (χ1n) is 6.36. The van der Waals surface area contributed by atoms with E-state index in [2.05, 4.69) is 12.2 Å². The second-order valence-corrected chi connectivity index (χ2v) is 4.63. The minimum atomic E-state index is 0.446. The van der Waals surface area contributed by atoms with Gasteiger partial charge in [-0.15, -0.1) is 0 Å². The van der Waals surface area contributed by atoms with Crippen molar-refractivity contribution in [3.63, 3.8) is 0 Å². The predicted octanol–water partition coefficient (Wildman–Crippen LogP) is 2.26. The molecule has 0 bridgehead atoms. The Kier molecular flexibility index (Phi) is 19.4. The van der Waals surface area contributed by atoms with Gasteiger partial charge in [0.15, 0.2) is 0 Å². The molecule has 0 aliphatic heterocycles. The molecule has 0 aromatic rings. The van der Waals surface area contributed by atoms with Gasteiger partial charge in [-0.25, -0.2) is 0 Å². The third kappa shape index (κ3) is 24.9. The highest BCUT2D eigenvalue weighted by molar-refractivity contribution is 5.98. The van der Waals surface area contributed by atoms with Gasteiger partial charge in [-0.2, -0.15) is 0 Å². The topological polar surface area (TPSA) is 21.3 Å². The molecule has 0 fully saturated rings. The van der Waals surface area contributed by atoms with Gasteiger partial charge in [0.2, 0.25) is 0 Å². The lowest BCUT2D eigenvalue weighted by Gasteiger charge is -1.98. The van der Waals surface area contributed by atoms with E-state index in [1.165, 1.54) is 45.1 Å². The van der Waals surface area contributed by atoms with Gasteiger partial charge >= 0.3 is 0 Å². The third-order valence-electron chi connectivity index (χ3n) is 2.25. The van der Waals surface area contributed by atoms with E-state index in [-0.39, 0.29) is 0 Å². The van der Waals surface area contributed by atoms with E-state index in [1.807, 2.05) is 20.9 Å². The van der Waals surface area contributed by atoms with Crippen molar-refractivity contribution in [3.8, 4) is 0 Å². The summed E-state index contributed by atoms with van der Waals surface area (Å²) >= 11 is 0. The molecule has 2 nitrogen and oxygen atoms in total. The first-order valence-corrected chi connectivity index (χ1v) is 7.18. The lowest BCUT2D eigenvalue weighted by atomic mass is 10.1. The SMILES string of the molecule is CC(C)O[SiH3].CCCCCCCCNC. The molecular weight excluding hydrogens is 202 g/mol. The molecule has 0 heterocycles. The maximum atomic E-state index is 4.89. The van der Waals surface area contributed by atoms with Crippen LogP contribution in [-0.2, 0) is 4.43 Å². The predicted molar refractivity (Wildman–Crippen MR) is 73.5 cm³/mol. The monoisotopic (exact) mass is 233 g/mol. The first kappa shape index (κ1) is 17.5. The molecule has 0 aromatic heterocycles. The van der Waals surface area contributed by atoms with Crippen molar-refractivity contribution in [1.82, 2.24) is 5.32 Å². The Morgan fingerprint density at radius 2 is 1.53 bits per heavy atom. The highest BCUT2D eigenvalue weighted by atomic mass is 28.2. The van der Waals surface area contributed by atoms with Crippen LogP contribution < -0.4 is 5.32 Å². The molecule has 0 saturated heterocycles. The summed E-state index contributed by atoms with van der Waals surface area (Å²) in [5, 5.41) is 3.16. The maximum Gasteiger partial charge on any atom is 0.146 e. The van der Waals surface area contributed by atoms with Gasteiger partial charge in [0, 0.05) is 6.10 Å². The van der Waals surface area contributed by atoms with Crippen molar-refractivity contribution in [2.75, 3.05) is 13.6 Å². The molecule has 0 spiro atoms. The van der Waals surface area contributed by atoms with Gasteiger partial charge in [-0.1, -0.05) is 39.0 Å². The molecule has 3 heteroatoms. The molecule has 0 unspecified atom stereocenters. The van der Waals surface area contributed by atoms with Gasteiger partial charge in [0.05, 0.1) is 0 Å². The molecule has 94 valence electrons. The second kappa shape index (κ2) is 16.6. The summed E-state index contributed by atoms with van der Waals surface area (Å²) in [6.07, 6.45) is 8.82. The summed E-state index contributed by atoms with van der Waals surface area (Å²) in [6.45, 7) is 7.51. The van der Waals surface area contributed by atoms with Crippen molar-refractivity contribution in [3.05, 3.63) is 0 Å². The molecule has 0 aliphatic carbocycles. The lowest BCUT2D eigenvalue weighted by Crippen LogP contribution is -2.06. The van der Waals surface area contributed by atoms with Crippen LogP contribution in [0.1, 0.15) is 59.3 Å². The number of nitrogens with one attached hydrogen (secondary N) is 1. The lowest BCUT2D eigenvalue weighted by molar-refractivity contribution is 0.267. The van der Waals surface area contributed by atoms with Crippen molar-refractivity contribution < 1.29 is 4.43 Å². The summed E-state index contributed by atoms with van der Waals surface area (Å²) < 4.78 is 4.89. The van der Waals surface area contributed by atoms with Crippen LogP contribution in [0.4, 0.5) is 0 Å². The zero-order valence-electron chi connectivity index (χ0n) is 11.4. The molecule has 0 aliphatic rings. The summed E-state index contributed by atoms with van der Waals surface area (Å²) in [5.41, 5.74) is 0. The van der Waals surface area contributed by atoms with E-state index in [0.29, 0.717) is 6.10 Å². The highest BCUT2D eigenvalue weighted by Gasteiger charge is 1.87. The van der Waals surface area contributed by atoms with Crippen LogP contribution in [0, 0.1) is 0 Å². The molecular formula is C12H31NOSi.